The van der Waals surface area contributed by atoms with Crippen LogP contribution >= 0.6 is 0 Å². The van der Waals surface area contributed by atoms with Gasteiger partial charge in [-0.25, -0.2) is 9.37 Å². The van der Waals surface area contributed by atoms with Gasteiger partial charge >= 0.3 is 0 Å². The molecule has 0 amide bonds. The lowest BCUT2D eigenvalue weighted by atomic mass is 10.1. The van der Waals surface area contributed by atoms with Gasteiger partial charge in [-0.15, -0.1) is 0 Å². The fourth-order valence-electron chi connectivity index (χ4n) is 2.77. The number of H-pyrrole nitrogens is 1. The zero-order valence-corrected chi connectivity index (χ0v) is 11.5. The molecule has 2 heterocycles. The van der Waals surface area contributed by atoms with Gasteiger partial charge in [-0.2, -0.15) is 0 Å². The summed E-state index contributed by atoms with van der Waals surface area (Å²) in [6.45, 7) is 2.08. The minimum absolute atomic E-state index is 0.238. The number of benzene rings is 2. The number of rotatable bonds is 1. The highest BCUT2D eigenvalue weighted by Gasteiger charge is 2.09. The molecule has 21 heavy (non-hydrogen) atoms. The van der Waals surface area contributed by atoms with Crippen molar-refractivity contribution < 1.29 is 4.39 Å². The number of nitrogens with zero attached hydrogens (tertiary/aromatic N) is 1. The lowest BCUT2D eigenvalue weighted by molar-refractivity contribution is 0.629. The predicted molar refractivity (Wildman–Crippen MR) is 83.7 cm³/mol. The molecule has 0 aliphatic carbocycles. The van der Waals surface area contributed by atoms with Gasteiger partial charge in [0, 0.05) is 28.0 Å². The quantitative estimate of drug-likeness (QED) is 0.530. The Labute approximate surface area is 121 Å². The summed E-state index contributed by atoms with van der Waals surface area (Å²) in [6.07, 6.45) is 1.88. The van der Waals surface area contributed by atoms with Gasteiger partial charge in [0.05, 0.1) is 11.2 Å². The minimum Gasteiger partial charge on any atom is -0.360 e. The average molecular weight is 276 g/mol. The van der Waals surface area contributed by atoms with Crippen molar-refractivity contribution in [3.8, 4) is 11.3 Å². The summed E-state index contributed by atoms with van der Waals surface area (Å²) in [5, 5.41) is 2.14. The fourth-order valence-corrected chi connectivity index (χ4v) is 2.77. The number of hydrogen-bond donors (Lipinski definition) is 1. The molecule has 0 atom stereocenters. The first-order valence-corrected chi connectivity index (χ1v) is 6.86. The SMILES string of the molecule is Cc1cccc2nc(-c3c[nH]c4cc(F)ccc34)ccc12. The standard InChI is InChI=1S/C18H13FN2/c1-11-3-2-4-16-13(11)7-8-17(21-16)15-10-20-18-9-12(19)5-6-14(15)18/h2-10,20H,1H3. The molecule has 4 rings (SSSR count). The summed E-state index contributed by atoms with van der Waals surface area (Å²) < 4.78 is 13.3. The second kappa shape index (κ2) is 4.42. The second-order valence-corrected chi connectivity index (χ2v) is 5.23. The first-order valence-electron chi connectivity index (χ1n) is 6.86. The Morgan fingerprint density at radius 2 is 1.86 bits per heavy atom. The number of aryl methyl sites for hydroxylation is 1. The van der Waals surface area contributed by atoms with E-state index in [0.717, 1.165) is 33.1 Å². The summed E-state index contributed by atoms with van der Waals surface area (Å²) in [7, 11) is 0. The molecule has 1 N–H and O–H groups in total. The topological polar surface area (TPSA) is 28.7 Å². The van der Waals surface area contributed by atoms with E-state index >= 15 is 0 Å². The summed E-state index contributed by atoms with van der Waals surface area (Å²) in [5.74, 6) is -0.238. The zero-order valence-electron chi connectivity index (χ0n) is 11.5. The van der Waals surface area contributed by atoms with Crippen molar-refractivity contribution in [2.24, 2.45) is 0 Å². The van der Waals surface area contributed by atoms with E-state index in [9.17, 15) is 4.39 Å². The van der Waals surface area contributed by atoms with Crippen LogP contribution in [0, 0.1) is 12.7 Å². The van der Waals surface area contributed by atoms with E-state index in [-0.39, 0.29) is 5.82 Å². The van der Waals surface area contributed by atoms with Crippen LogP contribution in [-0.2, 0) is 0 Å². The molecule has 102 valence electrons. The number of pyridine rings is 1. The van der Waals surface area contributed by atoms with Crippen molar-refractivity contribution in [1.29, 1.82) is 0 Å². The van der Waals surface area contributed by atoms with Crippen LogP contribution in [-0.4, -0.2) is 9.97 Å². The lowest BCUT2D eigenvalue weighted by Crippen LogP contribution is -1.86. The number of halogens is 1. The molecule has 2 nitrogen and oxygen atoms in total. The van der Waals surface area contributed by atoms with E-state index in [2.05, 4.69) is 24.0 Å². The normalized spacial score (nSPS) is 11.3. The van der Waals surface area contributed by atoms with E-state index in [4.69, 9.17) is 4.98 Å². The highest BCUT2D eigenvalue weighted by atomic mass is 19.1. The van der Waals surface area contributed by atoms with Crippen LogP contribution in [0.3, 0.4) is 0 Å². The first kappa shape index (κ1) is 12.1. The van der Waals surface area contributed by atoms with Crippen molar-refractivity contribution in [3.05, 3.63) is 66.1 Å². The largest absolute Gasteiger partial charge is 0.360 e. The molecule has 0 radical (unpaired) electrons. The smallest absolute Gasteiger partial charge is 0.125 e. The zero-order chi connectivity index (χ0) is 14.4. The van der Waals surface area contributed by atoms with E-state index < -0.39 is 0 Å². The van der Waals surface area contributed by atoms with Crippen LogP contribution in [0.1, 0.15) is 5.56 Å². The van der Waals surface area contributed by atoms with E-state index in [0.29, 0.717) is 0 Å². The van der Waals surface area contributed by atoms with E-state index in [1.54, 1.807) is 6.07 Å². The second-order valence-electron chi connectivity index (χ2n) is 5.23. The van der Waals surface area contributed by atoms with Crippen molar-refractivity contribution in [1.82, 2.24) is 9.97 Å². The molecular weight excluding hydrogens is 263 g/mol. The molecule has 0 saturated heterocycles. The van der Waals surface area contributed by atoms with Gasteiger partial charge in [0.15, 0.2) is 0 Å². The molecule has 0 unspecified atom stereocenters. The van der Waals surface area contributed by atoms with Crippen molar-refractivity contribution in [2.45, 2.75) is 6.92 Å². The van der Waals surface area contributed by atoms with Gasteiger partial charge < -0.3 is 4.98 Å². The number of fused-ring (bicyclic) bond motifs is 2. The third-order valence-corrected chi connectivity index (χ3v) is 3.87. The highest BCUT2D eigenvalue weighted by molar-refractivity contribution is 5.96. The molecule has 4 aromatic rings. The molecule has 2 aromatic heterocycles. The number of nitrogens with one attached hydrogen (secondary N) is 1. The van der Waals surface area contributed by atoms with Crippen LogP contribution in [0.5, 0.6) is 0 Å². The van der Waals surface area contributed by atoms with Crippen molar-refractivity contribution >= 4 is 21.8 Å². The van der Waals surface area contributed by atoms with Crippen LogP contribution in [0.25, 0.3) is 33.1 Å². The Kier molecular flexibility index (Phi) is 2.54. The Morgan fingerprint density at radius 3 is 2.76 bits per heavy atom. The predicted octanol–water partition coefficient (Wildman–Crippen LogP) is 4.83. The van der Waals surface area contributed by atoms with Crippen LogP contribution in [0.2, 0.25) is 0 Å². The number of aromatic amines is 1. The monoisotopic (exact) mass is 276 g/mol. The van der Waals surface area contributed by atoms with Crippen molar-refractivity contribution in [2.75, 3.05) is 0 Å². The molecule has 0 fully saturated rings. The lowest BCUT2D eigenvalue weighted by Gasteiger charge is -2.04. The van der Waals surface area contributed by atoms with Crippen molar-refractivity contribution in [3.63, 3.8) is 0 Å². The maximum absolute atomic E-state index is 13.3. The third kappa shape index (κ3) is 1.89. The molecule has 0 spiro atoms. The molecule has 0 saturated carbocycles. The molecular formula is C18H13FN2. The Balaban J connectivity index is 1.96. The van der Waals surface area contributed by atoms with Gasteiger partial charge in [-0.05, 0) is 42.8 Å². The summed E-state index contributed by atoms with van der Waals surface area (Å²) in [6, 6.07) is 15.0. The number of aromatic nitrogens is 2. The maximum Gasteiger partial charge on any atom is 0.125 e. The third-order valence-electron chi connectivity index (χ3n) is 3.87. The van der Waals surface area contributed by atoms with Gasteiger partial charge in [0.25, 0.3) is 0 Å². The Bertz CT molecular complexity index is 969. The summed E-state index contributed by atoms with van der Waals surface area (Å²) in [5.41, 5.74) is 4.87. The summed E-state index contributed by atoms with van der Waals surface area (Å²) in [4.78, 5) is 7.84. The molecule has 3 heteroatoms. The molecule has 0 aliphatic rings. The average Bonchev–Trinajstić information content (AvgIpc) is 2.90. The van der Waals surface area contributed by atoms with Gasteiger partial charge in [0.1, 0.15) is 5.82 Å². The van der Waals surface area contributed by atoms with Crippen LogP contribution < -0.4 is 0 Å². The number of hydrogen-bond acceptors (Lipinski definition) is 1. The highest BCUT2D eigenvalue weighted by Crippen LogP contribution is 2.29. The fraction of sp³-hybridized carbons (Fsp3) is 0.0556. The molecule has 0 bridgehead atoms. The van der Waals surface area contributed by atoms with E-state index in [1.165, 1.54) is 17.7 Å². The molecule has 0 aliphatic heterocycles. The summed E-state index contributed by atoms with van der Waals surface area (Å²) >= 11 is 0. The van der Waals surface area contributed by atoms with Crippen LogP contribution in [0.4, 0.5) is 4.39 Å². The van der Waals surface area contributed by atoms with E-state index in [1.807, 2.05) is 24.4 Å². The maximum atomic E-state index is 13.3. The Hall–Kier alpha value is -2.68. The van der Waals surface area contributed by atoms with Crippen LogP contribution in [0.15, 0.2) is 54.7 Å². The Morgan fingerprint density at radius 1 is 1.00 bits per heavy atom. The van der Waals surface area contributed by atoms with Gasteiger partial charge in [-0.3, -0.25) is 0 Å². The first-order chi connectivity index (χ1) is 10.2. The molecule has 2 aromatic carbocycles. The minimum atomic E-state index is -0.238. The van der Waals surface area contributed by atoms with Gasteiger partial charge in [-0.1, -0.05) is 18.2 Å². The van der Waals surface area contributed by atoms with Gasteiger partial charge in [0.2, 0.25) is 0 Å².